The number of aryl methyl sites for hydroxylation is 1. The number of hydrogen-bond acceptors (Lipinski definition) is 3. The molecule has 6 heteroatoms. The van der Waals surface area contributed by atoms with Crippen LogP contribution in [0.3, 0.4) is 0 Å². The van der Waals surface area contributed by atoms with Crippen molar-refractivity contribution >= 4 is 23.2 Å². The summed E-state index contributed by atoms with van der Waals surface area (Å²) in [5.74, 6) is 1.02. The van der Waals surface area contributed by atoms with Gasteiger partial charge >= 0.3 is 0 Å². The van der Waals surface area contributed by atoms with Crippen LogP contribution in [-0.4, -0.2) is 21.2 Å². The maximum atomic E-state index is 6.99. The number of aromatic nitrogens is 2. The molecule has 2 aromatic rings. The van der Waals surface area contributed by atoms with E-state index in [0.29, 0.717) is 23.1 Å². The largest absolute Gasteiger partial charge is 0.491 e. The molecule has 1 aromatic heterocycles. The van der Waals surface area contributed by atoms with Gasteiger partial charge in [0.1, 0.15) is 5.75 Å². The summed E-state index contributed by atoms with van der Waals surface area (Å²) in [6.07, 6.45) is 10.0. The van der Waals surface area contributed by atoms with Crippen molar-refractivity contribution < 1.29 is 9.47 Å². The Kier molecular flexibility index (Phi) is 5.71. The lowest BCUT2D eigenvalue weighted by atomic mass is 9.91. The van der Waals surface area contributed by atoms with Crippen LogP contribution >= 0.6 is 23.2 Å². The van der Waals surface area contributed by atoms with Crippen molar-refractivity contribution in [1.29, 1.82) is 0 Å². The van der Waals surface area contributed by atoms with Crippen LogP contribution in [0.15, 0.2) is 72.0 Å². The van der Waals surface area contributed by atoms with Gasteiger partial charge in [-0.3, -0.25) is 0 Å². The third kappa shape index (κ3) is 4.02. The van der Waals surface area contributed by atoms with Gasteiger partial charge in [0, 0.05) is 24.9 Å². The minimum Gasteiger partial charge on any atom is -0.491 e. The second-order valence-corrected chi connectivity index (χ2v) is 6.69. The fraction of sp³-hybridized carbons (Fsp3) is 0.316. The van der Waals surface area contributed by atoms with Gasteiger partial charge in [-0.05, 0) is 31.6 Å². The van der Waals surface area contributed by atoms with Crippen LogP contribution in [0, 0.1) is 5.92 Å². The first kappa shape index (κ1) is 17.9. The van der Waals surface area contributed by atoms with E-state index in [9.17, 15) is 0 Å². The zero-order valence-electron chi connectivity index (χ0n) is 13.9. The number of benzene rings is 1. The number of para-hydroxylation sites is 1. The Balaban J connectivity index is 1.88. The van der Waals surface area contributed by atoms with E-state index in [-0.39, 0.29) is 5.92 Å². The number of rotatable bonds is 7. The Labute approximate surface area is 157 Å². The summed E-state index contributed by atoms with van der Waals surface area (Å²) in [4.78, 5) is 4.07. The average molecular weight is 379 g/mol. The Bertz CT molecular complexity index is 744. The second kappa shape index (κ2) is 7.98. The van der Waals surface area contributed by atoms with Crippen LogP contribution in [0.25, 0.3) is 0 Å². The highest BCUT2D eigenvalue weighted by atomic mass is 35.5. The molecule has 2 atom stereocenters. The summed E-state index contributed by atoms with van der Waals surface area (Å²) in [5.41, 5.74) is 0. The maximum Gasteiger partial charge on any atom is 0.247 e. The van der Waals surface area contributed by atoms with E-state index in [1.54, 1.807) is 12.5 Å². The molecule has 2 unspecified atom stereocenters. The Hall–Kier alpha value is -1.91. The van der Waals surface area contributed by atoms with Crippen molar-refractivity contribution in [3.05, 3.63) is 72.0 Å². The first-order valence-electron chi connectivity index (χ1n) is 8.23. The molecule has 0 spiro atoms. The minimum absolute atomic E-state index is 0.110. The molecule has 0 radical (unpaired) electrons. The van der Waals surface area contributed by atoms with Crippen molar-refractivity contribution in [3.8, 4) is 5.75 Å². The summed E-state index contributed by atoms with van der Waals surface area (Å²) in [5, 5.41) is -0.726. The quantitative estimate of drug-likeness (QED) is 0.638. The van der Waals surface area contributed by atoms with Gasteiger partial charge in [-0.1, -0.05) is 47.5 Å². The predicted octanol–water partition coefficient (Wildman–Crippen LogP) is 4.96. The molecule has 0 fully saturated rings. The van der Waals surface area contributed by atoms with Crippen LogP contribution in [-0.2, 0) is 11.3 Å². The van der Waals surface area contributed by atoms with Gasteiger partial charge in [0.2, 0.25) is 5.06 Å². The lowest BCUT2D eigenvalue weighted by Gasteiger charge is -2.38. The predicted molar refractivity (Wildman–Crippen MR) is 99.6 cm³/mol. The van der Waals surface area contributed by atoms with Gasteiger partial charge in [0.15, 0.2) is 5.76 Å². The maximum absolute atomic E-state index is 6.99. The molecule has 0 saturated carbocycles. The SMILES string of the molecule is CCOC1=C(Cl)C=CC(CCn2ccnc2)C1(Cl)Oc1ccccc1. The van der Waals surface area contributed by atoms with E-state index in [1.807, 2.05) is 60.2 Å². The van der Waals surface area contributed by atoms with E-state index in [4.69, 9.17) is 32.7 Å². The summed E-state index contributed by atoms with van der Waals surface area (Å²) in [6.45, 7) is 3.12. The molecule has 1 aromatic carbocycles. The topological polar surface area (TPSA) is 36.3 Å². The smallest absolute Gasteiger partial charge is 0.247 e. The molecule has 0 aliphatic heterocycles. The normalized spacial score (nSPS) is 22.9. The fourth-order valence-electron chi connectivity index (χ4n) is 2.81. The van der Waals surface area contributed by atoms with Gasteiger partial charge in [-0.2, -0.15) is 0 Å². The molecule has 0 saturated heterocycles. The molecule has 1 aliphatic carbocycles. The molecular weight excluding hydrogens is 359 g/mol. The van der Waals surface area contributed by atoms with E-state index >= 15 is 0 Å². The monoisotopic (exact) mass is 378 g/mol. The van der Waals surface area contributed by atoms with Crippen LogP contribution in [0.1, 0.15) is 13.3 Å². The van der Waals surface area contributed by atoms with Crippen molar-refractivity contribution in [1.82, 2.24) is 9.55 Å². The van der Waals surface area contributed by atoms with Crippen LogP contribution in [0.5, 0.6) is 5.75 Å². The van der Waals surface area contributed by atoms with Crippen LogP contribution < -0.4 is 4.74 Å². The van der Waals surface area contributed by atoms with E-state index in [0.717, 1.165) is 13.0 Å². The number of alkyl halides is 1. The molecule has 0 bridgehead atoms. The van der Waals surface area contributed by atoms with Gasteiger partial charge < -0.3 is 14.0 Å². The standard InChI is InChI=1S/C19H20Cl2N2O2/c1-2-24-18-17(20)9-8-15(10-12-23-13-11-22-14-23)19(18,21)25-16-6-4-3-5-7-16/h3-9,11,13-15H,2,10,12H2,1H3. The molecule has 4 nitrogen and oxygen atoms in total. The van der Waals surface area contributed by atoms with Crippen molar-refractivity contribution in [2.24, 2.45) is 5.92 Å². The third-order valence-corrected chi connectivity index (χ3v) is 4.86. The molecule has 25 heavy (non-hydrogen) atoms. The summed E-state index contributed by atoms with van der Waals surface area (Å²) in [6, 6.07) is 9.47. The van der Waals surface area contributed by atoms with E-state index in [1.165, 1.54) is 0 Å². The zero-order chi connectivity index (χ0) is 17.7. The number of nitrogens with zero attached hydrogens (tertiary/aromatic N) is 2. The Morgan fingerprint density at radius 2 is 2.08 bits per heavy atom. The summed E-state index contributed by atoms with van der Waals surface area (Å²) in [7, 11) is 0. The lowest BCUT2D eigenvalue weighted by molar-refractivity contribution is 0.0596. The second-order valence-electron chi connectivity index (χ2n) is 5.72. The lowest BCUT2D eigenvalue weighted by Crippen LogP contribution is -2.43. The molecule has 3 rings (SSSR count). The molecule has 1 aliphatic rings. The number of hydrogen-bond donors (Lipinski definition) is 0. The number of imidazole rings is 1. The zero-order valence-corrected chi connectivity index (χ0v) is 15.5. The summed E-state index contributed by atoms with van der Waals surface area (Å²) >= 11 is 13.4. The van der Waals surface area contributed by atoms with Crippen LogP contribution in [0.2, 0.25) is 0 Å². The summed E-state index contributed by atoms with van der Waals surface area (Å²) < 4.78 is 14.0. The highest BCUT2D eigenvalue weighted by Gasteiger charge is 2.46. The van der Waals surface area contributed by atoms with E-state index in [2.05, 4.69) is 4.98 Å². The third-order valence-electron chi connectivity index (χ3n) is 4.03. The number of halogens is 2. The van der Waals surface area contributed by atoms with Gasteiger partial charge in [0.05, 0.1) is 18.0 Å². The van der Waals surface area contributed by atoms with E-state index < -0.39 is 5.06 Å². The Morgan fingerprint density at radius 3 is 2.76 bits per heavy atom. The van der Waals surface area contributed by atoms with Crippen LogP contribution in [0.4, 0.5) is 0 Å². The highest BCUT2D eigenvalue weighted by Crippen LogP contribution is 2.44. The van der Waals surface area contributed by atoms with Crippen molar-refractivity contribution in [2.75, 3.05) is 6.61 Å². The highest BCUT2D eigenvalue weighted by molar-refractivity contribution is 6.33. The first-order valence-corrected chi connectivity index (χ1v) is 8.99. The molecule has 0 N–H and O–H groups in total. The van der Waals surface area contributed by atoms with Crippen molar-refractivity contribution in [3.63, 3.8) is 0 Å². The fourth-order valence-corrected chi connectivity index (χ4v) is 3.56. The minimum atomic E-state index is -1.19. The molecular formula is C19H20Cl2N2O2. The molecule has 0 amide bonds. The Morgan fingerprint density at radius 1 is 1.28 bits per heavy atom. The first-order chi connectivity index (χ1) is 12.1. The molecule has 1 heterocycles. The number of ether oxygens (including phenoxy) is 2. The molecule has 132 valence electrons. The van der Waals surface area contributed by atoms with Crippen molar-refractivity contribution in [2.45, 2.75) is 24.9 Å². The van der Waals surface area contributed by atoms with Gasteiger partial charge in [-0.15, -0.1) is 0 Å². The van der Waals surface area contributed by atoms with Gasteiger partial charge in [-0.25, -0.2) is 4.98 Å². The van der Waals surface area contributed by atoms with Gasteiger partial charge in [0.25, 0.3) is 0 Å². The average Bonchev–Trinajstić information content (AvgIpc) is 3.12. The number of allylic oxidation sites excluding steroid dienone is 2.